The van der Waals surface area contributed by atoms with Crippen molar-refractivity contribution >= 4 is 41.1 Å². The van der Waals surface area contributed by atoms with Crippen molar-refractivity contribution in [2.75, 3.05) is 41.7 Å². The molecule has 0 aliphatic carbocycles. The number of piperazine rings is 1. The Bertz CT molecular complexity index is 1440. The average molecular weight is 555 g/mol. The molecule has 1 aliphatic heterocycles. The number of carbonyl (C=O) groups excluding carboxylic acids is 3. The molecule has 2 aromatic carbocycles. The zero-order valence-electron chi connectivity index (χ0n) is 21.4. The summed E-state index contributed by atoms with van der Waals surface area (Å²) in [5.74, 6) is -1.52. The molecule has 2 N–H and O–H groups in total. The maximum Gasteiger partial charge on any atom is 0.423 e. The van der Waals surface area contributed by atoms with Gasteiger partial charge in [0.15, 0.2) is 6.29 Å². The Labute approximate surface area is 227 Å². The van der Waals surface area contributed by atoms with Gasteiger partial charge in [0.1, 0.15) is 11.3 Å². The van der Waals surface area contributed by atoms with Gasteiger partial charge in [-0.1, -0.05) is 12.6 Å². The number of alkyl halides is 3. The van der Waals surface area contributed by atoms with E-state index in [4.69, 9.17) is 4.74 Å². The zero-order valence-corrected chi connectivity index (χ0v) is 21.4. The van der Waals surface area contributed by atoms with Gasteiger partial charge in [0.25, 0.3) is 0 Å². The number of halogens is 3. The summed E-state index contributed by atoms with van der Waals surface area (Å²) in [6.07, 6.45) is -2.57. The predicted molar refractivity (Wildman–Crippen MR) is 142 cm³/mol. The van der Waals surface area contributed by atoms with Crippen LogP contribution >= 0.6 is 0 Å². The Morgan fingerprint density at radius 2 is 1.85 bits per heavy atom. The van der Waals surface area contributed by atoms with Gasteiger partial charge in [0.05, 0.1) is 5.69 Å². The fourth-order valence-electron chi connectivity index (χ4n) is 4.00. The van der Waals surface area contributed by atoms with Crippen LogP contribution in [0, 0.1) is 0 Å². The van der Waals surface area contributed by atoms with E-state index in [9.17, 15) is 27.6 Å². The predicted octanol–water partition coefficient (Wildman–Crippen LogP) is 4.64. The second-order valence-electron chi connectivity index (χ2n) is 8.74. The van der Waals surface area contributed by atoms with Crippen molar-refractivity contribution in [3.63, 3.8) is 0 Å². The van der Waals surface area contributed by atoms with Gasteiger partial charge in [-0.25, -0.2) is 4.98 Å². The topological polar surface area (TPSA) is 117 Å². The van der Waals surface area contributed by atoms with Crippen molar-refractivity contribution in [2.24, 2.45) is 0 Å². The van der Waals surface area contributed by atoms with Crippen molar-refractivity contribution in [3.05, 3.63) is 72.4 Å². The summed E-state index contributed by atoms with van der Waals surface area (Å²) in [5, 5.41) is 5.28. The molecule has 1 fully saturated rings. The number of ether oxygens (including phenoxy) is 1. The average Bonchev–Trinajstić information content (AvgIpc) is 2.93. The number of benzene rings is 2. The van der Waals surface area contributed by atoms with Crippen molar-refractivity contribution in [2.45, 2.75) is 13.1 Å². The molecule has 1 aliphatic rings. The molecule has 2 amide bonds. The Balaban J connectivity index is 1.57. The number of aldehydes is 1. The van der Waals surface area contributed by atoms with Gasteiger partial charge < -0.3 is 25.2 Å². The monoisotopic (exact) mass is 554 g/mol. The molecular weight excluding hydrogens is 529 g/mol. The minimum absolute atomic E-state index is 0.000152. The standard InChI is InChI=1S/C27H25F3N6O4/c1-3-24(39)32-19-5-4-6-21(14-19)40-25-22(27(28,29)30)15-31-26(34-25)33-23-8-7-20(13-18(23)16-37)36-11-9-35(10-12-36)17(2)38/h3-8,13-16H,1,9-12H2,2H3,(H,32,39)(H,31,33,34). The summed E-state index contributed by atoms with van der Waals surface area (Å²) in [6.45, 7) is 7.15. The smallest absolute Gasteiger partial charge is 0.423 e. The van der Waals surface area contributed by atoms with E-state index in [1.54, 1.807) is 23.1 Å². The number of nitrogens with zero attached hydrogens (tertiary/aromatic N) is 4. The first-order valence-corrected chi connectivity index (χ1v) is 12.1. The quantitative estimate of drug-likeness (QED) is 0.306. The Morgan fingerprint density at radius 3 is 2.50 bits per heavy atom. The van der Waals surface area contributed by atoms with Crippen LogP contribution in [0.3, 0.4) is 0 Å². The van der Waals surface area contributed by atoms with Gasteiger partial charge in [-0.2, -0.15) is 18.2 Å². The highest BCUT2D eigenvalue weighted by Gasteiger charge is 2.36. The molecule has 3 aromatic rings. The fraction of sp³-hybridized carbons (Fsp3) is 0.222. The van der Waals surface area contributed by atoms with Gasteiger partial charge in [-0.3, -0.25) is 14.4 Å². The lowest BCUT2D eigenvalue weighted by atomic mass is 10.1. The minimum Gasteiger partial charge on any atom is -0.438 e. The lowest BCUT2D eigenvalue weighted by Gasteiger charge is -2.35. The van der Waals surface area contributed by atoms with Crippen LogP contribution in [0.1, 0.15) is 22.8 Å². The zero-order chi connectivity index (χ0) is 28.9. The second kappa shape index (κ2) is 11.8. The molecule has 0 unspecified atom stereocenters. The number of aromatic nitrogens is 2. The molecule has 208 valence electrons. The van der Waals surface area contributed by atoms with E-state index >= 15 is 0 Å². The number of rotatable bonds is 8. The van der Waals surface area contributed by atoms with E-state index in [2.05, 4.69) is 27.2 Å². The highest BCUT2D eigenvalue weighted by Crippen LogP contribution is 2.38. The maximum atomic E-state index is 13.7. The van der Waals surface area contributed by atoms with Gasteiger partial charge >= 0.3 is 6.18 Å². The first kappa shape index (κ1) is 28.1. The Kier molecular flexibility index (Phi) is 8.31. The fourth-order valence-corrected chi connectivity index (χ4v) is 4.00. The van der Waals surface area contributed by atoms with Crippen molar-refractivity contribution in [1.82, 2.24) is 14.9 Å². The van der Waals surface area contributed by atoms with Crippen LogP contribution in [0.2, 0.25) is 0 Å². The van der Waals surface area contributed by atoms with Crippen molar-refractivity contribution < 1.29 is 32.3 Å². The number of hydrogen-bond donors (Lipinski definition) is 2. The molecule has 0 saturated carbocycles. The van der Waals surface area contributed by atoms with E-state index in [-0.39, 0.29) is 34.5 Å². The highest BCUT2D eigenvalue weighted by molar-refractivity contribution is 5.99. The number of nitrogens with one attached hydrogen (secondary N) is 2. The highest BCUT2D eigenvalue weighted by atomic mass is 19.4. The maximum absolute atomic E-state index is 13.7. The molecule has 0 spiro atoms. The van der Waals surface area contributed by atoms with Crippen LogP contribution in [0.15, 0.2) is 61.3 Å². The van der Waals surface area contributed by atoms with Crippen LogP contribution in [0.25, 0.3) is 0 Å². The number of carbonyl (C=O) groups is 3. The van der Waals surface area contributed by atoms with E-state index in [1.165, 1.54) is 31.2 Å². The Morgan fingerprint density at radius 1 is 1.10 bits per heavy atom. The summed E-state index contributed by atoms with van der Waals surface area (Å²) in [5.41, 5.74) is 0.344. The van der Waals surface area contributed by atoms with Crippen molar-refractivity contribution in [1.29, 1.82) is 0 Å². The summed E-state index contributed by atoms with van der Waals surface area (Å²) in [6, 6.07) is 10.7. The molecule has 10 nitrogen and oxygen atoms in total. The van der Waals surface area contributed by atoms with E-state index in [0.717, 1.165) is 11.8 Å². The molecule has 2 heterocycles. The molecule has 40 heavy (non-hydrogen) atoms. The number of anilines is 4. The van der Waals surface area contributed by atoms with Gasteiger partial charge in [0.2, 0.25) is 23.6 Å². The number of hydrogen-bond acceptors (Lipinski definition) is 8. The number of amides is 2. The van der Waals surface area contributed by atoms with E-state index in [1.807, 2.05) is 4.90 Å². The third kappa shape index (κ3) is 6.73. The molecular formula is C27H25F3N6O4. The Hall–Kier alpha value is -4.94. The molecule has 4 rings (SSSR count). The van der Waals surface area contributed by atoms with Crippen LogP contribution in [-0.2, 0) is 15.8 Å². The van der Waals surface area contributed by atoms with Gasteiger partial charge in [-0.05, 0) is 36.4 Å². The first-order chi connectivity index (χ1) is 19.1. The van der Waals surface area contributed by atoms with Gasteiger partial charge in [0, 0.05) is 62.3 Å². The molecule has 1 aromatic heterocycles. The lowest BCUT2D eigenvalue weighted by Crippen LogP contribution is -2.48. The SMILES string of the molecule is C=CC(=O)Nc1cccc(Oc2nc(Nc3ccc(N4CCN(C(C)=O)CC4)cc3C=O)ncc2C(F)(F)F)c1. The van der Waals surface area contributed by atoms with Crippen LogP contribution in [0.4, 0.5) is 36.2 Å². The van der Waals surface area contributed by atoms with Crippen LogP contribution in [0.5, 0.6) is 11.6 Å². The van der Waals surface area contributed by atoms with Gasteiger partial charge in [-0.15, -0.1) is 0 Å². The normalized spacial score (nSPS) is 13.4. The van der Waals surface area contributed by atoms with Crippen molar-refractivity contribution in [3.8, 4) is 11.6 Å². The molecule has 13 heteroatoms. The first-order valence-electron chi connectivity index (χ1n) is 12.1. The summed E-state index contributed by atoms with van der Waals surface area (Å²) in [7, 11) is 0. The largest absolute Gasteiger partial charge is 0.438 e. The lowest BCUT2D eigenvalue weighted by molar-refractivity contribution is -0.139. The third-order valence-corrected chi connectivity index (χ3v) is 6.06. The minimum atomic E-state index is -4.81. The summed E-state index contributed by atoms with van der Waals surface area (Å²) >= 11 is 0. The van der Waals surface area contributed by atoms with Crippen LogP contribution < -0.4 is 20.3 Å². The molecule has 1 saturated heterocycles. The van der Waals surface area contributed by atoms with E-state index < -0.39 is 23.5 Å². The van der Waals surface area contributed by atoms with Crippen LogP contribution in [-0.4, -0.2) is 59.1 Å². The molecule has 0 atom stereocenters. The molecule has 0 radical (unpaired) electrons. The second-order valence-corrected chi connectivity index (χ2v) is 8.74. The van der Waals surface area contributed by atoms with E-state index in [0.29, 0.717) is 38.7 Å². The molecule has 0 bridgehead atoms. The summed E-state index contributed by atoms with van der Waals surface area (Å²) < 4.78 is 46.5. The third-order valence-electron chi connectivity index (χ3n) is 6.06. The summed E-state index contributed by atoms with van der Waals surface area (Å²) in [4.78, 5) is 46.5.